The van der Waals surface area contributed by atoms with E-state index < -0.39 is 9.84 Å². The number of rotatable bonds is 8. The van der Waals surface area contributed by atoms with Gasteiger partial charge in [-0.1, -0.05) is 20.3 Å². The summed E-state index contributed by atoms with van der Waals surface area (Å²) in [6, 6.07) is 0. The molecule has 1 fully saturated rings. The lowest BCUT2D eigenvalue weighted by Gasteiger charge is -2.36. The molecule has 29 heavy (non-hydrogen) atoms. The molecular formula is C20H32N6O2S. The molecule has 0 spiro atoms. The number of aromatic nitrogens is 4. The fraction of sp³-hybridized carbons (Fsp3) is 0.650. The molecule has 1 saturated heterocycles. The Bertz CT molecular complexity index is 932. The summed E-state index contributed by atoms with van der Waals surface area (Å²) in [5, 5.41) is 0.216. The summed E-state index contributed by atoms with van der Waals surface area (Å²) >= 11 is 0. The van der Waals surface area contributed by atoms with Crippen LogP contribution in [0.15, 0.2) is 17.6 Å². The van der Waals surface area contributed by atoms with E-state index in [1.807, 2.05) is 18.4 Å². The summed E-state index contributed by atoms with van der Waals surface area (Å²) in [6.45, 7) is 12.7. The molecule has 0 N–H and O–H groups in total. The minimum atomic E-state index is -3.32. The minimum absolute atomic E-state index is 0.0745. The zero-order valence-electron chi connectivity index (χ0n) is 17.9. The van der Waals surface area contributed by atoms with Gasteiger partial charge in [-0.3, -0.25) is 9.88 Å². The van der Waals surface area contributed by atoms with Crippen LogP contribution in [0.25, 0.3) is 0 Å². The third-order valence-corrected chi connectivity index (χ3v) is 7.05. The molecule has 160 valence electrons. The van der Waals surface area contributed by atoms with E-state index >= 15 is 0 Å². The second kappa shape index (κ2) is 9.21. The molecule has 0 aliphatic carbocycles. The Morgan fingerprint density at radius 2 is 1.76 bits per heavy atom. The highest BCUT2D eigenvalue weighted by Crippen LogP contribution is 2.20. The molecule has 1 aliphatic heterocycles. The van der Waals surface area contributed by atoms with Crippen LogP contribution in [0.2, 0.25) is 0 Å². The van der Waals surface area contributed by atoms with Gasteiger partial charge in [-0.25, -0.2) is 18.4 Å². The molecule has 0 saturated carbocycles. The Hall–Kier alpha value is -2.00. The van der Waals surface area contributed by atoms with E-state index in [-0.39, 0.29) is 10.9 Å². The zero-order valence-corrected chi connectivity index (χ0v) is 18.7. The second-order valence-corrected chi connectivity index (χ2v) is 9.80. The van der Waals surface area contributed by atoms with Crippen LogP contribution >= 0.6 is 0 Å². The standard InChI is InChI=1S/C20H32N6O2S/c1-5-7-8-26-18(14-22-20(26)29(27,28)6-2)15-24-9-11-25(12-10-24)19-17(4)21-13-16(3)23-19/h13-14H,5-12,15H2,1-4H3. The second-order valence-electron chi connectivity index (χ2n) is 7.62. The van der Waals surface area contributed by atoms with Gasteiger partial charge in [0.05, 0.1) is 29.0 Å². The van der Waals surface area contributed by atoms with Gasteiger partial charge >= 0.3 is 0 Å². The molecule has 0 radical (unpaired) electrons. The Morgan fingerprint density at radius 3 is 2.41 bits per heavy atom. The van der Waals surface area contributed by atoms with Crippen molar-refractivity contribution in [2.24, 2.45) is 0 Å². The summed E-state index contributed by atoms with van der Waals surface area (Å²) in [4.78, 5) is 18.0. The molecule has 3 heterocycles. The highest BCUT2D eigenvalue weighted by Gasteiger charge is 2.24. The lowest BCUT2D eigenvalue weighted by atomic mass is 10.2. The predicted octanol–water partition coefficient (Wildman–Crippen LogP) is 2.21. The number of sulfone groups is 1. The normalized spacial score (nSPS) is 15.8. The topological polar surface area (TPSA) is 84.2 Å². The van der Waals surface area contributed by atoms with E-state index in [0.717, 1.165) is 61.9 Å². The molecule has 3 rings (SSSR count). The molecule has 0 bridgehead atoms. The lowest BCUT2D eigenvalue weighted by Crippen LogP contribution is -2.46. The number of piperazine rings is 1. The molecule has 2 aromatic heterocycles. The molecule has 0 unspecified atom stereocenters. The van der Waals surface area contributed by atoms with Gasteiger partial charge < -0.3 is 9.47 Å². The first-order valence-corrected chi connectivity index (χ1v) is 12.1. The summed E-state index contributed by atoms with van der Waals surface area (Å²) in [6.07, 6.45) is 5.49. The Labute approximate surface area is 173 Å². The largest absolute Gasteiger partial charge is 0.353 e. The molecule has 8 nitrogen and oxygen atoms in total. The van der Waals surface area contributed by atoms with E-state index in [1.165, 1.54) is 0 Å². The number of anilines is 1. The van der Waals surface area contributed by atoms with Gasteiger partial charge in [0, 0.05) is 45.5 Å². The van der Waals surface area contributed by atoms with Crippen molar-refractivity contribution in [1.82, 2.24) is 24.4 Å². The van der Waals surface area contributed by atoms with Crippen LogP contribution in [0.3, 0.4) is 0 Å². The minimum Gasteiger partial charge on any atom is -0.353 e. The maximum Gasteiger partial charge on any atom is 0.227 e. The van der Waals surface area contributed by atoms with Crippen LogP contribution in [0.4, 0.5) is 5.82 Å². The van der Waals surface area contributed by atoms with Gasteiger partial charge in [0.25, 0.3) is 0 Å². The molecule has 0 amide bonds. The first-order chi connectivity index (χ1) is 13.9. The van der Waals surface area contributed by atoms with Crippen LogP contribution in [-0.2, 0) is 22.9 Å². The van der Waals surface area contributed by atoms with E-state index in [4.69, 9.17) is 0 Å². The SMILES string of the molecule is CCCCn1c(CN2CCN(c3nc(C)cnc3C)CC2)cnc1S(=O)(=O)CC. The van der Waals surface area contributed by atoms with E-state index in [0.29, 0.717) is 13.1 Å². The third kappa shape index (κ3) is 4.95. The number of unbranched alkanes of at least 4 members (excludes halogenated alkanes) is 1. The van der Waals surface area contributed by atoms with Crippen LogP contribution in [0.1, 0.15) is 43.8 Å². The molecule has 2 aromatic rings. The van der Waals surface area contributed by atoms with Crippen molar-refractivity contribution in [2.75, 3.05) is 36.8 Å². The van der Waals surface area contributed by atoms with E-state index in [2.05, 4.69) is 31.7 Å². The Balaban J connectivity index is 1.71. The average molecular weight is 421 g/mol. The summed E-state index contributed by atoms with van der Waals surface area (Å²) in [5.41, 5.74) is 2.86. The average Bonchev–Trinajstić information content (AvgIpc) is 3.12. The highest BCUT2D eigenvalue weighted by atomic mass is 32.2. The first kappa shape index (κ1) is 21.7. The Kier molecular flexibility index (Phi) is 6.89. The van der Waals surface area contributed by atoms with Gasteiger partial charge in [0.15, 0.2) is 0 Å². The quantitative estimate of drug-likeness (QED) is 0.647. The molecule has 9 heteroatoms. The molecule has 0 aromatic carbocycles. The predicted molar refractivity (Wildman–Crippen MR) is 114 cm³/mol. The van der Waals surface area contributed by atoms with Crippen LogP contribution in [0.5, 0.6) is 0 Å². The number of hydrogen-bond donors (Lipinski definition) is 0. The van der Waals surface area contributed by atoms with Crippen molar-refractivity contribution in [3.05, 3.63) is 29.5 Å². The van der Waals surface area contributed by atoms with E-state index in [9.17, 15) is 8.42 Å². The van der Waals surface area contributed by atoms with E-state index in [1.54, 1.807) is 19.3 Å². The van der Waals surface area contributed by atoms with Crippen molar-refractivity contribution in [3.63, 3.8) is 0 Å². The maximum atomic E-state index is 12.4. The molecular weight excluding hydrogens is 388 g/mol. The number of imidazole rings is 1. The number of hydrogen-bond acceptors (Lipinski definition) is 7. The van der Waals surface area contributed by atoms with Gasteiger partial charge in [0.2, 0.25) is 15.0 Å². The third-order valence-electron chi connectivity index (χ3n) is 5.40. The highest BCUT2D eigenvalue weighted by molar-refractivity contribution is 7.91. The molecule has 0 atom stereocenters. The Morgan fingerprint density at radius 1 is 1.03 bits per heavy atom. The summed E-state index contributed by atoms with van der Waals surface area (Å²) < 4.78 is 26.8. The van der Waals surface area contributed by atoms with Gasteiger partial charge in [-0.05, 0) is 20.3 Å². The van der Waals surface area contributed by atoms with Crippen LogP contribution in [0, 0.1) is 13.8 Å². The first-order valence-electron chi connectivity index (χ1n) is 10.4. The van der Waals surface area contributed by atoms with Crippen LogP contribution < -0.4 is 4.90 Å². The van der Waals surface area contributed by atoms with Crippen molar-refractivity contribution in [1.29, 1.82) is 0 Å². The number of aryl methyl sites for hydroxylation is 2. The monoisotopic (exact) mass is 420 g/mol. The smallest absolute Gasteiger partial charge is 0.227 e. The van der Waals surface area contributed by atoms with Crippen molar-refractivity contribution < 1.29 is 8.42 Å². The van der Waals surface area contributed by atoms with Crippen molar-refractivity contribution in [3.8, 4) is 0 Å². The summed E-state index contributed by atoms with van der Waals surface area (Å²) in [7, 11) is -3.32. The van der Waals surface area contributed by atoms with Gasteiger partial charge in [0.1, 0.15) is 5.82 Å². The fourth-order valence-corrected chi connectivity index (χ4v) is 4.64. The van der Waals surface area contributed by atoms with Gasteiger partial charge in [-0.2, -0.15) is 0 Å². The molecule has 1 aliphatic rings. The van der Waals surface area contributed by atoms with Gasteiger partial charge in [-0.15, -0.1) is 0 Å². The maximum absolute atomic E-state index is 12.4. The van der Waals surface area contributed by atoms with Crippen LogP contribution in [-0.4, -0.2) is 64.8 Å². The lowest BCUT2D eigenvalue weighted by molar-refractivity contribution is 0.242. The summed E-state index contributed by atoms with van der Waals surface area (Å²) in [5.74, 6) is 1.04. The van der Waals surface area contributed by atoms with Crippen molar-refractivity contribution >= 4 is 15.7 Å². The van der Waals surface area contributed by atoms with Crippen molar-refractivity contribution in [2.45, 2.75) is 58.8 Å². The zero-order chi connectivity index (χ0) is 21.0. The number of nitrogens with zero attached hydrogens (tertiary/aromatic N) is 6. The fourth-order valence-electron chi connectivity index (χ4n) is 3.62.